The molecule has 4 heteroatoms. The van der Waals surface area contributed by atoms with Crippen LogP contribution in [0.15, 0.2) is 43.5 Å². The van der Waals surface area contributed by atoms with Crippen molar-refractivity contribution in [2.24, 2.45) is 0 Å². The first kappa shape index (κ1) is 15.4. The van der Waals surface area contributed by atoms with Gasteiger partial charge in [-0.15, -0.1) is 13.2 Å². The summed E-state index contributed by atoms with van der Waals surface area (Å²) in [6.45, 7) is 7.08. The molecule has 0 saturated heterocycles. The highest BCUT2D eigenvalue weighted by molar-refractivity contribution is 5.87. The summed E-state index contributed by atoms with van der Waals surface area (Å²) in [5.41, 5.74) is 0.331. The van der Waals surface area contributed by atoms with Crippen molar-refractivity contribution < 1.29 is 19.8 Å². The van der Waals surface area contributed by atoms with E-state index in [0.29, 0.717) is 5.56 Å². The number of aliphatic carboxylic acids is 1. The molecule has 2 N–H and O–H groups in total. The van der Waals surface area contributed by atoms with Crippen LogP contribution in [0.3, 0.4) is 0 Å². The number of carboxylic acids is 2. The molecule has 0 aliphatic rings. The Kier molecular flexibility index (Phi) is 10.2. The summed E-state index contributed by atoms with van der Waals surface area (Å²) in [5.74, 6) is -1.71. The molecule has 0 radical (unpaired) electrons. The summed E-state index contributed by atoms with van der Waals surface area (Å²) in [7, 11) is 0. The number of carbonyl (C=O) groups is 2. The van der Waals surface area contributed by atoms with Crippen LogP contribution in [-0.2, 0) is 4.79 Å². The van der Waals surface area contributed by atoms with Gasteiger partial charge in [-0.3, -0.25) is 4.79 Å². The summed E-state index contributed by atoms with van der Waals surface area (Å²) in [6, 6.07) is 8.30. The minimum atomic E-state index is -0.879. The monoisotopic (exact) mass is 210 g/mol. The van der Waals surface area contributed by atoms with E-state index >= 15 is 0 Å². The van der Waals surface area contributed by atoms with Gasteiger partial charge in [-0.1, -0.05) is 18.2 Å². The summed E-state index contributed by atoms with van der Waals surface area (Å²) >= 11 is 0. The van der Waals surface area contributed by atoms with Gasteiger partial charge in [0, 0.05) is 6.92 Å². The molecule has 82 valence electrons. The molecule has 0 aromatic heterocycles. The Bertz CT molecular complexity index is 289. The SMILES string of the molecule is C=C.CC(=O)O.O=C(O)c1ccccc1. The molecule has 0 aliphatic carbocycles. The van der Waals surface area contributed by atoms with Gasteiger partial charge in [0.2, 0.25) is 0 Å². The van der Waals surface area contributed by atoms with Gasteiger partial charge in [-0.05, 0) is 12.1 Å². The Morgan fingerprint density at radius 3 is 1.60 bits per heavy atom. The second-order valence-electron chi connectivity index (χ2n) is 2.19. The Morgan fingerprint density at radius 1 is 1.07 bits per heavy atom. The fourth-order valence-electron chi connectivity index (χ4n) is 0.581. The van der Waals surface area contributed by atoms with Crippen molar-refractivity contribution in [1.82, 2.24) is 0 Å². The summed E-state index contributed by atoms with van der Waals surface area (Å²) in [4.78, 5) is 19.2. The summed E-state index contributed by atoms with van der Waals surface area (Å²) < 4.78 is 0. The van der Waals surface area contributed by atoms with E-state index in [-0.39, 0.29) is 0 Å². The lowest BCUT2D eigenvalue weighted by Crippen LogP contribution is -1.93. The number of hydrogen-bond acceptors (Lipinski definition) is 2. The number of carboxylic acid groups (broad SMARTS) is 2. The van der Waals surface area contributed by atoms with Crippen molar-refractivity contribution >= 4 is 11.9 Å². The molecule has 0 amide bonds. The Hall–Kier alpha value is -2.10. The smallest absolute Gasteiger partial charge is 0.335 e. The molecule has 1 rings (SSSR count). The van der Waals surface area contributed by atoms with Gasteiger partial charge in [0.05, 0.1) is 5.56 Å². The first-order valence-corrected chi connectivity index (χ1v) is 4.02. The fourth-order valence-corrected chi connectivity index (χ4v) is 0.581. The minimum absolute atomic E-state index is 0.331. The van der Waals surface area contributed by atoms with E-state index in [1.165, 1.54) is 0 Å². The lowest BCUT2D eigenvalue weighted by atomic mass is 10.2. The maximum atomic E-state index is 10.2. The van der Waals surface area contributed by atoms with Crippen molar-refractivity contribution in [3.8, 4) is 0 Å². The van der Waals surface area contributed by atoms with Gasteiger partial charge in [0.15, 0.2) is 0 Å². The topological polar surface area (TPSA) is 74.6 Å². The average Bonchev–Trinajstić information content (AvgIpc) is 2.21. The Morgan fingerprint density at radius 2 is 1.40 bits per heavy atom. The van der Waals surface area contributed by atoms with Crippen LogP contribution in [0, 0.1) is 0 Å². The van der Waals surface area contributed by atoms with Crippen LogP contribution in [0.4, 0.5) is 0 Å². The Labute approximate surface area is 88.5 Å². The zero-order chi connectivity index (χ0) is 12.3. The largest absolute Gasteiger partial charge is 0.481 e. The number of benzene rings is 1. The van der Waals surface area contributed by atoms with E-state index in [4.69, 9.17) is 15.0 Å². The molecule has 1 aromatic carbocycles. The predicted octanol–water partition coefficient (Wildman–Crippen LogP) is 2.28. The minimum Gasteiger partial charge on any atom is -0.481 e. The highest BCUT2D eigenvalue weighted by Crippen LogP contribution is 1.96. The van der Waals surface area contributed by atoms with Gasteiger partial charge in [0.1, 0.15) is 0 Å². The van der Waals surface area contributed by atoms with Gasteiger partial charge in [0.25, 0.3) is 5.97 Å². The summed E-state index contributed by atoms with van der Waals surface area (Å²) in [5, 5.41) is 15.8. The normalized spacial score (nSPS) is 7.27. The van der Waals surface area contributed by atoms with E-state index in [1.54, 1.807) is 30.3 Å². The van der Waals surface area contributed by atoms with Gasteiger partial charge in [-0.25, -0.2) is 4.79 Å². The quantitative estimate of drug-likeness (QED) is 0.697. The lowest BCUT2D eigenvalue weighted by molar-refractivity contribution is -0.134. The maximum Gasteiger partial charge on any atom is 0.335 e. The van der Waals surface area contributed by atoms with Crippen LogP contribution in [0.2, 0.25) is 0 Å². The van der Waals surface area contributed by atoms with E-state index in [2.05, 4.69) is 13.2 Å². The molecule has 0 aliphatic heterocycles. The van der Waals surface area contributed by atoms with Crippen molar-refractivity contribution in [2.75, 3.05) is 0 Å². The van der Waals surface area contributed by atoms with E-state index in [1.807, 2.05) is 0 Å². The third kappa shape index (κ3) is 11.9. The number of rotatable bonds is 1. The van der Waals surface area contributed by atoms with Crippen LogP contribution < -0.4 is 0 Å². The molecule has 0 saturated carbocycles. The molecule has 0 fully saturated rings. The molecule has 0 spiro atoms. The molecule has 4 nitrogen and oxygen atoms in total. The standard InChI is InChI=1S/C7H6O2.C2H4O2.C2H4/c8-7(9)6-4-2-1-3-5-6;1-2(3)4;1-2/h1-5H,(H,8,9);1H3,(H,3,4);1-2H2. The molecular weight excluding hydrogens is 196 g/mol. The third-order valence-electron chi connectivity index (χ3n) is 1.02. The fraction of sp³-hybridized carbons (Fsp3) is 0.0909. The molecule has 0 atom stereocenters. The first-order chi connectivity index (χ1) is 7.04. The third-order valence-corrected chi connectivity index (χ3v) is 1.02. The van der Waals surface area contributed by atoms with Crippen molar-refractivity contribution in [3.05, 3.63) is 49.1 Å². The van der Waals surface area contributed by atoms with Gasteiger partial charge in [-0.2, -0.15) is 0 Å². The lowest BCUT2D eigenvalue weighted by Gasteiger charge is -1.88. The van der Waals surface area contributed by atoms with Crippen LogP contribution in [0.5, 0.6) is 0 Å². The highest BCUT2D eigenvalue weighted by atomic mass is 16.4. The first-order valence-electron chi connectivity index (χ1n) is 4.02. The summed E-state index contributed by atoms with van der Waals surface area (Å²) in [6.07, 6.45) is 0. The Balaban J connectivity index is 0. The average molecular weight is 210 g/mol. The molecular formula is C11H14O4. The number of hydrogen-bond donors (Lipinski definition) is 2. The van der Waals surface area contributed by atoms with Crippen molar-refractivity contribution in [2.45, 2.75) is 6.92 Å². The maximum absolute atomic E-state index is 10.2. The van der Waals surface area contributed by atoms with Crippen LogP contribution in [-0.4, -0.2) is 22.2 Å². The molecule has 1 aromatic rings. The highest BCUT2D eigenvalue weighted by Gasteiger charge is 1.96. The molecule has 0 bridgehead atoms. The van der Waals surface area contributed by atoms with E-state index < -0.39 is 11.9 Å². The van der Waals surface area contributed by atoms with Crippen LogP contribution in [0.1, 0.15) is 17.3 Å². The van der Waals surface area contributed by atoms with E-state index in [9.17, 15) is 4.79 Å². The molecule has 0 unspecified atom stereocenters. The second-order valence-corrected chi connectivity index (χ2v) is 2.19. The number of aromatic carboxylic acids is 1. The molecule has 0 heterocycles. The zero-order valence-corrected chi connectivity index (χ0v) is 8.51. The zero-order valence-electron chi connectivity index (χ0n) is 8.51. The predicted molar refractivity (Wildman–Crippen MR) is 58.0 cm³/mol. The molecule has 15 heavy (non-hydrogen) atoms. The van der Waals surface area contributed by atoms with Crippen LogP contribution >= 0.6 is 0 Å². The van der Waals surface area contributed by atoms with Crippen LogP contribution in [0.25, 0.3) is 0 Å². The van der Waals surface area contributed by atoms with Crippen molar-refractivity contribution in [1.29, 1.82) is 0 Å². The van der Waals surface area contributed by atoms with E-state index in [0.717, 1.165) is 6.92 Å². The van der Waals surface area contributed by atoms with Gasteiger partial charge >= 0.3 is 5.97 Å². The van der Waals surface area contributed by atoms with Gasteiger partial charge < -0.3 is 10.2 Å². The van der Waals surface area contributed by atoms with Crippen molar-refractivity contribution in [3.63, 3.8) is 0 Å². The second kappa shape index (κ2) is 9.98.